The van der Waals surface area contributed by atoms with E-state index in [4.69, 9.17) is 11.5 Å². The van der Waals surface area contributed by atoms with Gasteiger partial charge in [-0.1, -0.05) is 6.08 Å². The van der Waals surface area contributed by atoms with Gasteiger partial charge < -0.3 is 16.0 Å². The van der Waals surface area contributed by atoms with Gasteiger partial charge in [-0.25, -0.2) is 0 Å². The highest BCUT2D eigenvalue weighted by Gasteiger charge is 2.25. The van der Waals surface area contributed by atoms with Gasteiger partial charge in [-0.2, -0.15) is 0 Å². The van der Waals surface area contributed by atoms with E-state index < -0.39 is 7.14 Å². The largest absolute Gasteiger partial charge is 0.399 e. The molecule has 2 aromatic carbocycles. The molecule has 0 atom stereocenters. The maximum absolute atomic E-state index is 13.3. The molecule has 19 heavy (non-hydrogen) atoms. The predicted molar refractivity (Wildman–Crippen MR) is 83.6 cm³/mol. The summed E-state index contributed by atoms with van der Waals surface area (Å²) in [6.45, 7) is 3.71. The third-order valence-corrected chi connectivity index (χ3v) is 6.04. The first kappa shape index (κ1) is 13.4. The number of rotatable bonds is 4. The SMILES string of the molecule is C=CCP(=O)(c1ccc(N)cc1)c1ccc(N)cc1. The lowest BCUT2D eigenvalue weighted by molar-refractivity contribution is 0.589. The Hall–Kier alpha value is -1.99. The van der Waals surface area contributed by atoms with Gasteiger partial charge in [0.25, 0.3) is 0 Å². The van der Waals surface area contributed by atoms with E-state index in [9.17, 15) is 4.57 Å². The lowest BCUT2D eigenvalue weighted by Gasteiger charge is -2.18. The van der Waals surface area contributed by atoms with Gasteiger partial charge in [-0.3, -0.25) is 0 Å². The molecule has 2 aromatic rings. The van der Waals surface area contributed by atoms with Gasteiger partial charge in [0, 0.05) is 28.1 Å². The molecule has 98 valence electrons. The van der Waals surface area contributed by atoms with Gasteiger partial charge in [-0.15, -0.1) is 6.58 Å². The second-order valence-electron chi connectivity index (χ2n) is 4.39. The van der Waals surface area contributed by atoms with Crippen molar-refractivity contribution < 1.29 is 4.57 Å². The number of nitrogen functional groups attached to an aromatic ring is 2. The summed E-state index contributed by atoms with van der Waals surface area (Å²) in [5.74, 6) is 0. The van der Waals surface area contributed by atoms with Crippen LogP contribution in [0.15, 0.2) is 61.2 Å². The van der Waals surface area contributed by atoms with Gasteiger partial charge in [0.1, 0.15) is 7.14 Å². The first-order valence-electron chi connectivity index (χ1n) is 5.98. The summed E-state index contributed by atoms with van der Waals surface area (Å²) in [4.78, 5) is 0. The van der Waals surface area contributed by atoms with Crippen molar-refractivity contribution in [1.82, 2.24) is 0 Å². The van der Waals surface area contributed by atoms with Gasteiger partial charge in [-0.05, 0) is 48.5 Å². The number of nitrogens with two attached hydrogens (primary N) is 2. The minimum Gasteiger partial charge on any atom is -0.399 e. The first-order chi connectivity index (χ1) is 9.06. The second kappa shape index (κ2) is 5.33. The van der Waals surface area contributed by atoms with Crippen molar-refractivity contribution in [2.45, 2.75) is 0 Å². The Bertz CT molecular complexity index is 568. The van der Waals surface area contributed by atoms with Crippen molar-refractivity contribution in [2.24, 2.45) is 0 Å². The minimum atomic E-state index is -2.69. The van der Waals surface area contributed by atoms with Crippen LogP contribution < -0.4 is 22.1 Å². The van der Waals surface area contributed by atoms with Crippen molar-refractivity contribution in [3.8, 4) is 0 Å². The molecule has 4 N–H and O–H groups in total. The van der Waals surface area contributed by atoms with Crippen molar-refractivity contribution in [3.05, 3.63) is 61.2 Å². The Morgan fingerprint density at radius 3 is 1.58 bits per heavy atom. The topological polar surface area (TPSA) is 69.1 Å². The Morgan fingerprint density at radius 2 is 1.26 bits per heavy atom. The molecule has 0 radical (unpaired) electrons. The normalized spacial score (nSPS) is 11.2. The number of hydrogen-bond acceptors (Lipinski definition) is 3. The molecule has 0 saturated heterocycles. The Labute approximate surface area is 113 Å². The fourth-order valence-electron chi connectivity index (χ4n) is 1.97. The minimum absolute atomic E-state index is 0.417. The van der Waals surface area contributed by atoms with Gasteiger partial charge >= 0.3 is 0 Å². The van der Waals surface area contributed by atoms with Crippen molar-refractivity contribution in [1.29, 1.82) is 0 Å². The zero-order chi connectivity index (χ0) is 13.9. The molecular formula is C15H17N2OP. The third kappa shape index (κ3) is 2.72. The van der Waals surface area contributed by atoms with Gasteiger partial charge in [0.05, 0.1) is 0 Å². The lowest BCUT2D eigenvalue weighted by atomic mass is 10.3. The van der Waals surface area contributed by atoms with Crippen molar-refractivity contribution >= 4 is 29.1 Å². The molecule has 0 aliphatic heterocycles. The zero-order valence-electron chi connectivity index (χ0n) is 10.6. The third-order valence-electron chi connectivity index (χ3n) is 3.01. The summed E-state index contributed by atoms with van der Waals surface area (Å²) in [7, 11) is -2.69. The Kier molecular flexibility index (Phi) is 3.77. The standard InChI is InChI=1S/C15H17N2OP/c1-2-11-19(18,14-7-3-12(16)4-8-14)15-9-5-13(17)6-10-15/h2-10H,1,11,16-17H2. The molecular weight excluding hydrogens is 255 g/mol. The Balaban J connectivity index is 2.54. The smallest absolute Gasteiger partial charge is 0.146 e. The highest BCUT2D eigenvalue weighted by molar-refractivity contribution is 7.78. The highest BCUT2D eigenvalue weighted by atomic mass is 31.2. The van der Waals surface area contributed by atoms with Crippen LogP contribution in [-0.4, -0.2) is 6.16 Å². The van der Waals surface area contributed by atoms with Crippen LogP contribution in [0.25, 0.3) is 0 Å². The molecule has 0 aliphatic carbocycles. The summed E-state index contributed by atoms with van der Waals surface area (Å²) in [6.07, 6.45) is 2.11. The molecule has 2 rings (SSSR count). The molecule has 3 nitrogen and oxygen atoms in total. The molecule has 0 spiro atoms. The molecule has 0 heterocycles. The lowest BCUT2D eigenvalue weighted by Crippen LogP contribution is -2.18. The Morgan fingerprint density at radius 1 is 0.895 bits per heavy atom. The fourth-order valence-corrected chi connectivity index (χ4v) is 4.32. The van der Waals surface area contributed by atoms with Crippen LogP contribution in [0.1, 0.15) is 0 Å². The summed E-state index contributed by atoms with van der Waals surface area (Å²) < 4.78 is 13.3. The maximum atomic E-state index is 13.3. The highest BCUT2D eigenvalue weighted by Crippen LogP contribution is 2.43. The van der Waals surface area contributed by atoms with E-state index in [2.05, 4.69) is 6.58 Å². The summed E-state index contributed by atoms with van der Waals surface area (Å²) in [6, 6.07) is 14.3. The van der Waals surface area contributed by atoms with E-state index in [0.29, 0.717) is 17.5 Å². The summed E-state index contributed by atoms with van der Waals surface area (Å²) >= 11 is 0. The molecule has 0 aliphatic rings. The molecule has 0 aromatic heterocycles. The fraction of sp³-hybridized carbons (Fsp3) is 0.0667. The number of allylic oxidation sites excluding steroid dienone is 1. The van der Waals surface area contributed by atoms with Crippen molar-refractivity contribution in [2.75, 3.05) is 17.6 Å². The van der Waals surface area contributed by atoms with E-state index in [0.717, 1.165) is 10.6 Å². The van der Waals surface area contributed by atoms with Gasteiger partial charge in [0.15, 0.2) is 0 Å². The number of anilines is 2. The molecule has 0 fully saturated rings. The summed E-state index contributed by atoms with van der Waals surface area (Å²) in [5, 5.41) is 1.57. The molecule has 0 saturated carbocycles. The molecule has 4 heteroatoms. The van der Waals surface area contributed by atoms with Crippen LogP contribution in [0.3, 0.4) is 0 Å². The quantitative estimate of drug-likeness (QED) is 0.510. The zero-order valence-corrected chi connectivity index (χ0v) is 11.5. The van der Waals surface area contributed by atoms with Crippen LogP contribution in [0.2, 0.25) is 0 Å². The van der Waals surface area contributed by atoms with E-state index in [-0.39, 0.29) is 0 Å². The monoisotopic (exact) mass is 272 g/mol. The van der Waals surface area contributed by atoms with Crippen LogP contribution in [0.4, 0.5) is 11.4 Å². The van der Waals surface area contributed by atoms with Gasteiger partial charge in [0.2, 0.25) is 0 Å². The van der Waals surface area contributed by atoms with E-state index in [1.807, 2.05) is 24.3 Å². The van der Waals surface area contributed by atoms with E-state index in [1.54, 1.807) is 30.3 Å². The van der Waals surface area contributed by atoms with Crippen LogP contribution >= 0.6 is 7.14 Å². The van der Waals surface area contributed by atoms with Crippen LogP contribution in [0, 0.1) is 0 Å². The molecule has 0 bridgehead atoms. The maximum Gasteiger partial charge on any atom is 0.146 e. The van der Waals surface area contributed by atoms with E-state index >= 15 is 0 Å². The van der Waals surface area contributed by atoms with Crippen molar-refractivity contribution in [3.63, 3.8) is 0 Å². The molecule has 0 amide bonds. The average molecular weight is 272 g/mol. The number of benzene rings is 2. The first-order valence-corrected chi connectivity index (χ1v) is 7.87. The summed E-state index contributed by atoms with van der Waals surface area (Å²) in [5.41, 5.74) is 12.7. The van der Waals surface area contributed by atoms with Crippen LogP contribution in [0.5, 0.6) is 0 Å². The van der Waals surface area contributed by atoms with Crippen LogP contribution in [-0.2, 0) is 4.57 Å². The van der Waals surface area contributed by atoms with E-state index in [1.165, 1.54) is 0 Å². The second-order valence-corrected chi connectivity index (χ2v) is 7.27. The molecule has 0 unspecified atom stereocenters. The average Bonchev–Trinajstić information content (AvgIpc) is 2.40. The number of hydrogen-bond donors (Lipinski definition) is 2. The predicted octanol–water partition coefficient (Wildman–Crippen LogP) is 2.35.